The van der Waals surface area contributed by atoms with Crippen LogP contribution in [-0.2, 0) is 57.0 Å². The second kappa shape index (κ2) is 18.0. The summed E-state index contributed by atoms with van der Waals surface area (Å²) in [5.41, 5.74) is 0. The average molecular weight is 499 g/mol. The van der Waals surface area contributed by atoms with Gasteiger partial charge in [0.1, 0.15) is 0 Å². The maximum absolute atomic E-state index is 12.6. The zero-order chi connectivity index (χ0) is 26.0. The number of carbonyl (C=O) groups is 2. The maximum Gasteiger partial charge on any atom is 0.383 e. The van der Waals surface area contributed by atoms with Crippen molar-refractivity contribution in [3.63, 3.8) is 0 Å². The van der Waals surface area contributed by atoms with E-state index < -0.39 is 36.5 Å². The Morgan fingerprint density at radius 1 is 0.559 bits per heavy atom. The predicted octanol–water partition coefficient (Wildman–Crippen LogP) is 2.32. The van der Waals surface area contributed by atoms with Crippen LogP contribution in [-0.4, -0.2) is 90.3 Å². The topological polar surface area (TPSA) is 126 Å². The average Bonchev–Trinajstić information content (AvgIpc) is 2.80. The molecule has 0 saturated heterocycles. The van der Waals surface area contributed by atoms with E-state index in [4.69, 9.17) is 47.4 Å². The van der Waals surface area contributed by atoms with Crippen LogP contribution in [0.25, 0.3) is 0 Å². The summed E-state index contributed by atoms with van der Waals surface area (Å²) >= 11 is 0. The summed E-state index contributed by atoms with van der Waals surface area (Å²) in [6, 6.07) is 0. The Balaban J connectivity index is 5.44. The molecule has 202 valence electrons. The molecule has 12 heteroatoms. The molecule has 12 nitrogen and oxygen atoms in total. The zero-order valence-electron chi connectivity index (χ0n) is 21.7. The molecule has 0 heterocycles. The molecule has 0 aromatic carbocycles. The molecule has 0 rings (SSSR count). The number of methoxy groups -OCH3 is 2. The third kappa shape index (κ3) is 10.1. The first-order valence-corrected chi connectivity index (χ1v) is 11.6. The van der Waals surface area contributed by atoms with Gasteiger partial charge in [0.05, 0.1) is 39.3 Å². The van der Waals surface area contributed by atoms with Crippen LogP contribution in [0.4, 0.5) is 0 Å². The molecule has 0 spiro atoms. The van der Waals surface area contributed by atoms with E-state index in [9.17, 15) is 9.59 Å². The van der Waals surface area contributed by atoms with Crippen molar-refractivity contribution < 1.29 is 57.0 Å². The maximum atomic E-state index is 12.6. The molecule has 0 aliphatic carbocycles. The fourth-order valence-corrected chi connectivity index (χ4v) is 2.93. The highest BCUT2D eigenvalue weighted by Crippen LogP contribution is 2.27. The van der Waals surface area contributed by atoms with Gasteiger partial charge in [0.25, 0.3) is 12.6 Å². The van der Waals surface area contributed by atoms with Crippen molar-refractivity contribution in [2.45, 2.75) is 78.9 Å². The Morgan fingerprint density at radius 2 is 0.853 bits per heavy atom. The molecular weight excluding hydrogens is 456 g/mol. The van der Waals surface area contributed by atoms with Crippen LogP contribution >= 0.6 is 0 Å². The molecule has 0 aromatic heterocycles. The van der Waals surface area contributed by atoms with E-state index in [1.165, 1.54) is 14.2 Å². The monoisotopic (exact) mass is 498 g/mol. The fourth-order valence-electron chi connectivity index (χ4n) is 2.93. The van der Waals surface area contributed by atoms with Crippen molar-refractivity contribution in [3.8, 4) is 0 Å². The minimum absolute atomic E-state index is 0.142. The van der Waals surface area contributed by atoms with Crippen LogP contribution < -0.4 is 0 Å². The van der Waals surface area contributed by atoms with Crippen molar-refractivity contribution in [1.82, 2.24) is 0 Å². The van der Waals surface area contributed by atoms with Crippen molar-refractivity contribution in [1.29, 1.82) is 0 Å². The summed E-state index contributed by atoms with van der Waals surface area (Å²) in [7, 11) is 2.73. The van der Waals surface area contributed by atoms with Gasteiger partial charge in [0, 0.05) is 27.4 Å². The van der Waals surface area contributed by atoms with E-state index in [1.54, 1.807) is 41.5 Å². The lowest BCUT2D eigenvalue weighted by molar-refractivity contribution is -0.437. The first-order chi connectivity index (χ1) is 16.3. The van der Waals surface area contributed by atoms with E-state index >= 15 is 0 Å². The third-order valence-electron chi connectivity index (χ3n) is 4.07. The van der Waals surface area contributed by atoms with Crippen LogP contribution in [0, 0.1) is 0 Å². The summed E-state index contributed by atoms with van der Waals surface area (Å²) in [6.45, 7) is 11.3. The molecule has 0 N–H and O–H groups in total. The molecule has 0 aliphatic heterocycles. The molecule has 0 amide bonds. The molecule has 34 heavy (non-hydrogen) atoms. The highest BCUT2D eigenvalue weighted by atomic mass is 16.9. The molecule has 0 radical (unpaired) electrons. The van der Waals surface area contributed by atoms with Crippen molar-refractivity contribution in [3.05, 3.63) is 0 Å². The molecule has 2 atom stereocenters. The Hall–Kier alpha value is -1.38. The number of hydrogen-bond donors (Lipinski definition) is 0. The number of ether oxygens (including phenoxy) is 10. The summed E-state index contributed by atoms with van der Waals surface area (Å²) in [6.07, 6.45) is -3.01. The summed E-state index contributed by atoms with van der Waals surface area (Å²) in [5, 5.41) is 0. The number of rotatable bonds is 21. The van der Waals surface area contributed by atoms with E-state index in [0.717, 1.165) is 0 Å². The molecule has 2 unspecified atom stereocenters. The van der Waals surface area contributed by atoms with Crippen LogP contribution in [0.5, 0.6) is 0 Å². The molecule has 0 saturated carbocycles. The van der Waals surface area contributed by atoms with Gasteiger partial charge in [-0.05, 0) is 41.5 Å². The van der Waals surface area contributed by atoms with Gasteiger partial charge in [-0.3, -0.25) is 9.59 Å². The molecule has 0 aromatic rings. The van der Waals surface area contributed by atoms with Crippen molar-refractivity contribution in [2.75, 3.05) is 53.9 Å². The normalized spacial score (nSPS) is 14.0. The summed E-state index contributed by atoms with van der Waals surface area (Å²) in [4.78, 5) is 25.3. The van der Waals surface area contributed by atoms with Gasteiger partial charge in [0.2, 0.25) is 0 Å². The van der Waals surface area contributed by atoms with Crippen LogP contribution in [0.3, 0.4) is 0 Å². The number of hydrogen-bond acceptors (Lipinski definition) is 12. The first-order valence-electron chi connectivity index (χ1n) is 11.6. The Kier molecular flexibility index (Phi) is 17.2. The lowest BCUT2D eigenvalue weighted by atomic mass is 10.3. The Morgan fingerprint density at radius 3 is 1.06 bits per heavy atom. The van der Waals surface area contributed by atoms with Gasteiger partial charge >= 0.3 is 23.9 Å². The van der Waals surface area contributed by atoms with E-state index in [-0.39, 0.29) is 52.5 Å². The standard InChI is InChI=1S/C22H42O12/c1-9-27-19(25-7)21(29-11-3,30-12-4)33-17(23)15-16-18(24)34-22(31-13-5,32-14-6)20(26-8)28-10-2/h19-20H,9-16H2,1-8H3. The quantitative estimate of drug-likeness (QED) is 0.170. The largest absolute Gasteiger partial charge is 0.404 e. The zero-order valence-corrected chi connectivity index (χ0v) is 21.7. The number of esters is 2. The molecule has 0 fully saturated rings. The van der Waals surface area contributed by atoms with Crippen LogP contribution in [0.15, 0.2) is 0 Å². The smallest absolute Gasteiger partial charge is 0.383 e. The Labute approximate surface area is 202 Å². The molecule has 0 bridgehead atoms. The fraction of sp³-hybridized carbons (Fsp3) is 0.909. The van der Waals surface area contributed by atoms with Crippen molar-refractivity contribution >= 4 is 11.9 Å². The highest BCUT2D eigenvalue weighted by molar-refractivity contribution is 5.78. The number of carbonyl (C=O) groups excluding carboxylic acids is 2. The van der Waals surface area contributed by atoms with E-state index in [1.807, 2.05) is 0 Å². The second-order valence-electron chi connectivity index (χ2n) is 6.43. The van der Waals surface area contributed by atoms with E-state index in [0.29, 0.717) is 0 Å². The Bertz CT molecular complexity index is 496. The van der Waals surface area contributed by atoms with Crippen molar-refractivity contribution in [2.24, 2.45) is 0 Å². The van der Waals surface area contributed by atoms with Crippen LogP contribution in [0.1, 0.15) is 54.4 Å². The van der Waals surface area contributed by atoms with Gasteiger partial charge in [0.15, 0.2) is 0 Å². The molecular formula is C22H42O12. The lowest BCUT2D eigenvalue weighted by Gasteiger charge is -2.37. The summed E-state index contributed by atoms with van der Waals surface area (Å²) in [5.74, 6) is -5.48. The summed E-state index contributed by atoms with van der Waals surface area (Å²) < 4.78 is 54.6. The predicted molar refractivity (Wildman–Crippen MR) is 118 cm³/mol. The molecule has 0 aliphatic rings. The highest BCUT2D eigenvalue weighted by Gasteiger charge is 2.49. The van der Waals surface area contributed by atoms with Gasteiger partial charge in [-0.2, -0.15) is 0 Å². The van der Waals surface area contributed by atoms with E-state index in [2.05, 4.69) is 0 Å². The van der Waals surface area contributed by atoms with Gasteiger partial charge < -0.3 is 47.4 Å². The minimum Gasteiger partial charge on any atom is -0.404 e. The first kappa shape index (κ1) is 32.6. The van der Waals surface area contributed by atoms with Gasteiger partial charge in [-0.1, -0.05) is 0 Å². The SMILES string of the molecule is CCOC(OC)C(OCC)(OCC)OC(=O)CCC(=O)OC(OCC)(OCC)C(OC)OCC. The van der Waals surface area contributed by atoms with Gasteiger partial charge in [-0.15, -0.1) is 0 Å². The van der Waals surface area contributed by atoms with Crippen LogP contribution in [0.2, 0.25) is 0 Å². The lowest BCUT2D eigenvalue weighted by Crippen LogP contribution is -2.54. The minimum atomic E-state index is -1.94. The second-order valence-corrected chi connectivity index (χ2v) is 6.43. The van der Waals surface area contributed by atoms with Gasteiger partial charge in [-0.25, -0.2) is 0 Å². The third-order valence-corrected chi connectivity index (χ3v) is 4.07.